The second kappa shape index (κ2) is 6.46. The Hall–Kier alpha value is -1.12. The lowest BCUT2D eigenvalue weighted by Crippen LogP contribution is -2.16. The van der Waals surface area contributed by atoms with Crippen LogP contribution in [0.2, 0.25) is 0 Å². The van der Waals surface area contributed by atoms with E-state index in [2.05, 4.69) is 37.7 Å². The molecule has 1 heterocycles. The highest BCUT2D eigenvalue weighted by Gasteiger charge is 2.11. The summed E-state index contributed by atoms with van der Waals surface area (Å²) in [6.07, 6.45) is 5.89. The first kappa shape index (κ1) is 12.9. The molecule has 1 aromatic rings. The van der Waals surface area contributed by atoms with Gasteiger partial charge in [0.05, 0.1) is 11.8 Å². The van der Waals surface area contributed by atoms with Crippen LogP contribution in [0.25, 0.3) is 0 Å². The van der Waals surface area contributed by atoms with Crippen molar-refractivity contribution < 1.29 is 4.74 Å². The van der Waals surface area contributed by atoms with Crippen LogP contribution in [-0.4, -0.2) is 16.1 Å². The van der Waals surface area contributed by atoms with Gasteiger partial charge in [-0.15, -0.1) is 0 Å². The summed E-state index contributed by atoms with van der Waals surface area (Å²) in [6, 6.07) is 0. The molecule has 16 heavy (non-hydrogen) atoms. The van der Waals surface area contributed by atoms with Crippen LogP contribution in [0, 0.1) is 0 Å². The van der Waals surface area contributed by atoms with Gasteiger partial charge in [0.25, 0.3) is 0 Å². The van der Waals surface area contributed by atoms with Gasteiger partial charge in [0.15, 0.2) is 0 Å². The molecule has 90 valence electrons. The average molecular weight is 222 g/mol. The van der Waals surface area contributed by atoms with Crippen LogP contribution in [0.4, 0.5) is 0 Å². The third kappa shape index (κ3) is 3.19. The first-order chi connectivity index (χ1) is 7.74. The molecule has 3 heteroatoms. The van der Waals surface area contributed by atoms with E-state index in [1.165, 1.54) is 0 Å². The summed E-state index contributed by atoms with van der Waals surface area (Å²) in [5.41, 5.74) is 1.96. The van der Waals surface area contributed by atoms with Crippen molar-refractivity contribution in [3.05, 3.63) is 17.6 Å². The average Bonchev–Trinajstić information content (AvgIpc) is 2.35. The van der Waals surface area contributed by atoms with Crippen LogP contribution in [0.3, 0.4) is 0 Å². The minimum atomic E-state index is 0.256. The highest BCUT2D eigenvalue weighted by atomic mass is 16.5. The standard InChI is InChI=1S/C13H22N2O/c1-5-10-9-14-12(8-4)13(15-10)16-11(6-2)7-3/h9,11H,5-8H2,1-4H3. The second-order valence-corrected chi connectivity index (χ2v) is 3.88. The summed E-state index contributed by atoms with van der Waals surface area (Å²) in [4.78, 5) is 8.92. The fraction of sp³-hybridized carbons (Fsp3) is 0.692. The third-order valence-corrected chi connectivity index (χ3v) is 2.75. The maximum absolute atomic E-state index is 5.90. The van der Waals surface area contributed by atoms with Crippen molar-refractivity contribution in [1.82, 2.24) is 9.97 Å². The first-order valence-corrected chi connectivity index (χ1v) is 6.26. The Balaban J connectivity index is 2.90. The van der Waals surface area contributed by atoms with Crippen molar-refractivity contribution in [3.63, 3.8) is 0 Å². The van der Waals surface area contributed by atoms with Gasteiger partial charge in [-0.25, -0.2) is 4.98 Å². The summed E-state index contributed by atoms with van der Waals surface area (Å²) in [5, 5.41) is 0. The van der Waals surface area contributed by atoms with Gasteiger partial charge in [-0.1, -0.05) is 27.7 Å². The number of aromatic nitrogens is 2. The molecule has 0 saturated carbocycles. The van der Waals surface area contributed by atoms with E-state index in [1.807, 2.05) is 6.20 Å². The fourth-order valence-electron chi connectivity index (χ4n) is 1.55. The maximum atomic E-state index is 5.90. The lowest BCUT2D eigenvalue weighted by molar-refractivity contribution is 0.181. The molecule has 1 rings (SSSR count). The molecule has 0 unspecified atom stereocenters. The van der Waals surface area contributed by atoms with E-state index in [9.17, 15) is 0 Å². The largest absolute Gasteiger partial charge is 0.473 e. The van der Waals surface area contributed by atoms with Crippen molar-refractivity contribution >= 4 is 0 Å². The molecule has 0 fully saturated rings. The number of nitrogens with zero attached hydrogens (tertiary/aromatic N) is 2. The zero-order valence-electron chi connectivity index (χ0n) is 10.8. The predicted octanol–water partition coefficient (Wildman–Crippen LogP) is 3.17. The molecular weight excluding hydrogens is 200 g/mol. The molecule has 0 spiro atoms. The van der Waals surface area contributed by atoms with Crippen molar-refractivity contribution in [2.45, 2.75) is 59.5 Å². The molecule has 0 radical (unpaired) electrons. The van der Waals surface area contributed by atoms with E-state index in [4.69, 9.17) is 4.74 Å². The van der Waals surface area contributed by atoms with Gasteiger partial charge >= 0.3 is 0 Å². The molecule has 3 nitrogen and oxygen atoms in total. The number of aryl methyl sites for hydroxylation is 2. The lowest BCUT2D eigenvalue weighted by Gasteiger charge is -2.16. The van der Waals surface area contributed by atoms with Gasteiger partial charge in [0.1, 0.15) is 5.69 Å². The van der Waals surface area contributed by atoms with Crippen LogP contribution in [0.1, 0.15) is 51.9 Å². The summed E-state index contributed by atoms with van der Waals surface area (Å²) < 4.78 is 5.90. The molecule has 0 atom stereocenters. The van der Waals surface area contributed by atoms with Crippen molar-refractivity contribution in [2.75, 3.05) is 0 Å². The minimum absolute atomic E-state index is 0.256. The Bertz CT molecular complexity index is 322. The van der Waals surface area contributed by atoms with E-state index in [1.54, 1.807) is 0 Å². The molecule has 0 aliphatic carbocycles. The summed E-state index contributed by atoms with van der Waals surface area (Å²) in [7, 11) is 0. The lowest BCUT2D eigenvalue weighted by atomic mass is 10.2. The zero-order valence-corrected chi connectivity index (χ0v) is 10.8. The Morgan fingerprint density at radius 2 is 1.81 bits per heavy atom. The molecule has 0 aliphatic rings. The van der Waals surface area contributed by atoms with Gasteiger partial charge in [-0.05, 0) is 25.7 Å². The molecule has 0 aliphatic heterocycles. The topological polar surface area (TPSA) is 35.0 Å². The Kier molecular flexibility index (Phi) is 5.23. The zero-order chi connectivity index (χ0) is 12.0. The van der Waals surface area contributed by atoms with Crippen molar-refractivity contribution in [1.29, 1.82) is 0 Å². The Labute approximate surface area is 98.3 Å². The quantitative estimate of drug-likeness (QED) is 0.741. The van der Waals surface area contributed by atoms with Crippen LogP contribution in [-0.2, 0) is 12.8 Å². The van der Waals surface area contributed by atoms with Gasteiger partial charge in [-0.2, -0.15) is 0 Å². The van der Waals surface area contributed by atoms with E-state index < -0.39 is 0 Å². The van der Waals surface area contributed by atoms with E-state index in [0.29, 0.717) is 0 Å². The van der Waals surface area contributed by atoms with Gasteiger partial charge in [-0.3, -0.25) is 4.98 Å². The highest BCUT2D eigenvalue weighted by Crippen LogP contribution is 2.18. The molecule has 0 saturated heterocycles. The Morgan fingerprint density at radius 3 is 2.31 bits per heavy atom. The predicted molar refractivity (Wildman–Crippen MR) is 65.8 cm³/mol. The molecule has 0 amide bonds. The maximum Gasteiger partial charge on any atom is 0.236 e. The first-order valence-electron chi connectivity index (χ1n) is 6.26. The Morgan fingerprint density at radius 1 is 1.12 bits per heavy atom. The smallest absolute Gasteiger partial charge is 0.236 e. The number of ether oxygens (including phenoxy) is 1. The molecule has 1 aromatic heterocycles. The monoisotopic (exact) mass is 222 g/mol. The SMILES string of the molecule is CCc1cnc(CC)c(OC(CC)CC)n1. The minimum Gasteiger partial charge on any atom is -0.473 e. The van der Waals surface area contributed by atoms with Crippen molar-refractivity contribution in [2.24, 2.45) is 0 Å². The summed E-state index contributed by atoms with van der Waals surface area (Å²) in [5.74, 6) is 0.732. The highest BCUT2D eigenvalue weighted by molar-refractivity contribution is 5.20. The molecule has 0 aromatic carbocycles. The molecule has 0 bridgehead atoms. The molecule has 0 N–H and O–H groups in total. The van der Waals surface area contributed by atoms with Gasteiger partial charge in [0.2, 0.25) is 5.88 Å². The summed E-state index contributed by atoms with van der Waals surface area (Å²) >= 11 is 0. The number of rotatable bonds is 6. The number of hydrogen-bond donors (Lipinski definition) is 0. The van der Waals surface area contributed by atoms with Gasteiger partial charge in [0, 0.05) is 6.20 Å². The van der Waals surface area contributed by atoms with E-state index >= 15 is 0 Å². The second-order valence-electron chi connectivity index (χ2n) is 3.88. The fourth-order valence-corrected chi connectivity index (χ4v) is 1.55. The number of hydrogen-bond acceptors (Lipinski definition) is 3. The molecular formula is C13H22N2O. The van der Waals surface area contributed by atoms with Crippen LogP contribution < -0.4 is 4.74 Å². The van der Waals surface area contributed by atoms with Gasteiger partial charge < -0.3 is 4.74 Å². The van der Waals surface area contributed by atoms with E-state index in [-0.39, 0.29) is 6.10 Å². The van der Waals surface area contributed by atoms with Crippen LogP contribution in [0.5, 0.6) is 5.88 Å². The summed E-state index contributed by atoms with van der Waals surface area (Å²) in [6.45, 7) is 8.43. The third-order valence-electron chi connectivity index (χ3n) is 2.75. The van der Waals surface area contributed by atoms with E-state index in [0.717, 1.165) is 43.0 Å². The van der Waals surface area contributed by atoms with Crippen LogP contribution in [0.15, 0.2) is 6.20 Å². The normalized spacial score (nSPS) is 10.8. The van der Waals surface area contributed by atoms with Crippen molar-refractivity contribution in [3.8, 4) is 5.88 Å². The van der Waals surface area contributed by atoms with Crippen LogP contribution >= 0.6 is 0 Å².